The van der Waals surface area contributed by atoms with Gasteiger partial charge < -0.3 is 15.3 Å². The SMILES string of the molecule is CCCNC(CC)(CO)CCCN(C)C(C)CC(C)C. The minimum absolute atomic E-state index is 0.0713. The van der Waals surface area contributed by atoms with Crippen LogP contribution in [0.2, 0.25) is 0 Å². The highest BCUT2D eigenvalue weighted by Crippen LogP contribution is 2.18. The van der Waals surface area contributed by atoms with Crippen LogP contribution in [0.1, 0.15) is 66.7 Å². The second kappa shape index (κ2) is 10.6. The van der Waals surface area contributed by atoms with E-state index in [0.29, 0.717) is 6.04 Å². The first-order valence-corrected chi connectivity index (χ1v) is 8.46. The van der Waals surface area contributed by atoms with Crippen molar-refractivity contribution >= 4 is 0 Å². The van der Waals surface area contributed by atoms with E-state index in [9.17, 15) is 5.11 Å². The lowest BCUT2D eigenvalue weighted by molar-refractivity contribution is 0.136. The van der Waals surface area contributed by atoms with Crippen molar-refractivity contribution in [2.45, 2.75) is 78.3 Å². The zero-order valence-electron chi connectivity index (χ0n) is 14.7. The van der Waals surface area contributed by atoms with E-state index in [-0.39, 0.29) is 12.1 Å². The summed E-state index contributed by atoms with van der Waals surface area (Å²) >= 11 is 0. The third-order valence-electron chi connectivity index (χ3n) is 4.46. The summed E-state index contributed by atoms with van der Waals surface area (Å²) < 4.78 is 0. The summed E-state index contributed by atoms with van der Waals surface area (Å²) in [5.41, 5.74) is -0.0713. The zero-order chi connectivity index (χ0) is 15.6. The Morgan fingerprint density at radius 2 is 1.85 bits per heavy atom. The molecule has 0 rings (SSSR count). The van der Waals surface area contributed by atoms with Gasteiger partial charge in [-0.1, -0.05) is 27.7 Å². The van der Waals surface area contributed by atoms with Gasteiger partial charge >= 0.3 is 0 Å². The summed E-state index contributed by atoms with van der Waals surface area (Å²) in [4.78, 5) is 2.46. The molecule has 0 bridgehead atoms. The van der Waals surface area contributed by atoms with Crippen molar-refractivity contribution in [1.82, 2.24) is 10.2 Å². The molecule has 0 radical (unpaired) electrons. The number of aliphatic hydroxyl groups excluding tert-OH is 1. The van der Waals surface area contributed by atoms with Crippen molar-refractivity contribution in [3.8, 4) is 0 Å². The van der Waals surface area contributed by atoms with Gasteiger partial charge in [0.05, 0.1) is 6.61 Å². The number of nitrogens with zero attached hydrogens (tertiary/aromatic N) is 1. The Bertz CT molecular complexity index is 227. The fraction of sp³-hybridized carbons (Fsp3) is 1.00. The number of rotatable bonds is 12. The normalized spacial score (nSPS) is 16.6. The van der Waals surface area contributed by atoms with Crippen molar-refractivity contribution in [3.63, 3.8) is 0 Å². The lowest BCUT2D eigenvalue weighted by Crippen LogP contribution is -2.48. The molecule has 0 heterocycles. The highest BCUT2D eigenvalue weighted by Gasteiger charge is 2.26. The summed E-state index contributed by atoms with van der Waals surface area (Å²) in [5.74, 6) is 0.755. The molecule has 0 aromatic carbocycles. The van der Waals surface area contributed by atoms with Crippen LogP contribution in [0.3, 0.4) is 0 Å². The van der Waals surface area contributed by atoms with Gasteiger partial charge in [-0.3, -0.25) is 0 Å². The van der Waals surface area contributed by atoms with Crippen molar-refractivity contribution in [1.29, 1.82) is 0 Å². The van der Waals surface area contributed by atoms with Crippen LogP contribution in [0.4, 0.5) is 0 Å². The molecular weight excluding hydrogens is 248 g/mol. The molecule has 0 amide bonds. The smallest absolute Gasteiger partial charge is 0.0613 e. The summed E-state index contributed by atoms with van der Waals surface area (Å²) in [6.07, 6.45) is 5.56. The molecule has 2 unspecified atom stereocenters. The Hall–Kier alpha value is -0.120. The van der Waals surface area contributed by atoms with E-state index in [1.165, 1.54) is 6.42 Å². The highest BCUT2D eigenvalue weighted by atomic mass is 16.3. The monoisotopic (exact) mass is 286 g/mol. The van der Waals surface area contributed by atoms with E-state index in [0.717, 1.165) is 44.7 Å². The van der Waals surface area contributed by atoms with Crippen molar-refractivity contribution in [3.05, 3.63) is 0 Å². The molecule has 0 aliphatic heterocycles. The molecule has 0 saturated carbocycles. The number of hydrogen-bond donors (Lipinski definition) is 2. The maximum absolute atomic E-state index is 9.72. The zero-order valence-corrected chi connectivity index (χ0v) is 14.7. The lowest BCUT2D eigenvalue weighted by Gasteiger charge is -2.34. The Balaban J connectivity index is 4.16. The van der Waals surface area contributed by atoms with E-state index in [1.807, 2.05) is 0 Å². The van der Waals surface area contributed by atoms with Crippen LogP contribution in [-0.2, 0) is 0 Å². The van der Waals surface area contributed by atoms with Gasteiger partial charge in [-0.2, -0.15) is 0 Å². The fourth-order valence-corrected chi connectivity index (χ4v) is 2.78. The molecule has 0 aliphatic rings. The summed E-state index contributed by atoms with van der Waals surface area (Å²) in [7, 11) is 2.22. The minimum atomic E-state index is -0.0713. The van der Waals surface area contributed by atoms with Crippen molar-refractivity contribution in [2.75, 3.05) is 26.7 Å². The molecule has 0 aliphatic carbocycles. The van der Waals surface area contributed by atoms with Gasteiger partial charge in [-0.25, -0.2) is 0 Å². The molecule has 122 valence electrons. The molecule has 3 nitrogen and oxygen atoms in total. The molecule has 0 fully saturated rings. The molecule has 0 aromatic heterocycles. The van der Waals surface area contributed by atoms with Crippen LogP contribution >= 0.6 is 0 Å². The van der Waals surface area contributed by atoms with E-state index in [4.69, 9.17) is 0 Å². The first-order valence-electron chi connectivity index (χ1n) is 8.46. The van der Waals surface area contributed by atoms with Gasteiger partial charge in [-0.15, -0.1) is 0 Å². The third kappa shape index (κ3) is 7.61. The lowest BCUT2D eigenvalue weighted by atomic mass is 9.90. The second-order valence-corrected chi connectivity index (χ2v) is 6.78. The van der Waals surface area contributed by atoms with Gasteiger partial charge in [0.25, 0.3) is 0 Å². The van der Waals surface area contributed by atoms with E-state index >= 15 is 0 Å². The summed E-state index contributed by atoms with van der Waals surface area (Å²) in [5, 5.41) is 13.3. The molecule has 3 heteroatoms. The van der Waals surface area contributed by atoms with E-state index in [2.05, 4.69) is 51.9 Å². The standard InChI is InChI=1S/C17H38N2O/c1-7-11-18-17(8-2,14-20)10-9-12-19(6)16(5)13-15(3)4/h15-16,18,20H,7-14H2,1-6H3. The Labute approximate surface area is 127 Å². The molecule has 0 saturated heterocycles. The molecule has 20 heavy (non-hydrogen) atoms. The quantitative estimate of drug-likeness (QED) is 0.578. The minimum Gasteiger partial charge on any atom is -0.394 e. The Morgan fingerprint density at radius 3 is 2.30 bits per heavy atom. The van der Waals surface area contributed by atoms with Crippen molar-refractivity contribution in [2.24, 2.45) is 5.92 Å². The molecule has 2 atom stereocenters. The number of aliphatic hydroxyl groups is 1. The third-order valence-corrected chi connectivity index (χ3v) is 4.46. The second-order valence-electron chi connectivity index (χ2n) is 6.78. The maximum Gasteiger partial charge on any atom is 0.0613 e. The molecular formula is C17H38N2O. The van der Waals surface area contributed by atoms with Gasteiger partial charge in [0.2, 0.25) is 0 Å². The van der Waals surface area contributed by atoms with E-state index < -0.39 is 0 Å². The van der Waals surface area contributed by atoms with Crippen LogP contribution < -0.4 is 5.32 Å². The van der Waals surface area contributed by atoms with Crippen LogP contribution in [-0.4, -0.2) is 48.3 Å². The first-order chi connectivity index (χ1) is 9.40. The first kappa shape index (κ1) is 19.9. The van der Waals surface area contributed by atoms with Gasteiger partial charge in [0, 0.05) is 11.6 Å². The number of nitrogens with one attached hydrogen (secondary N) is 1. The summed E-state index contributed by atoms with van der Waals surface area (Å²) in [6, 6.07) is 0.642. The molecule has 0 aromatic rings. The van der Waals surface area contributed by atoms with Gasteiger partial charge in [0.15, 0.2) is 0 Å². The predicted octanol–water partition coefficient (Wildman–Crippen LogP) is 3.27. The maximum atomic E-state index is 9.72. The van der Waals surface area contributed by atoms with Crippen LogP contribution in [0.25, 0.3) is 0 Å². The van der Waals surface area contributed by atoms with Gasteiger partial charge in [0.1, 0.15) is 0 Å². The fourth-order valence-electron chi connectivity index (χ4n) is 2.78. The molecule has 2 N–H and O–H groups in total. The van der Waals surface area contributed by atoms with Crippen molar-refractivity contribution < 1.29 is 5.11 Å². The van der Waals surface area contributed by atoms with Crippen LogP contribution in [0.5, 0.6) is 0 Å². The summed E-state index contributed by atoms with van der Waals surface area (Å²) in [6.45, 7) is 13.6. The highest BCUT2D eigenvalue weighted by molar-refractivity contribution is 4.86. The Morgan fingerprint density at radius 1 is 1.20 bits per heavy atom. The molecule has 0 spiro atoms. The Kier molecular flexibility index (Phi) is 10.5. The average Bonchev–Trinajstić information content (AvgIpc) is 2.42. The number of hydrogen-bond acceptors (Lipinski definition) is 3. The van der Waals surface area contributed by atoms with Crippen LogP contribution in [0.15, 0.2) is 0 Å². The van der Waals surface area contributed by atoms with E-state index in [1.54, 1.807) is 0 Å². The van der Waals surface area contributed by atoms with Crippen LogP contribution in [0, 0.1) is 5.92 Å². The average molecular weight is 287 g/mol. The predicted molar refractivity (Wildman–Crippen MR) is 89.2 cm³/mol. The topological polar surface area (TPSA) is 35.5 Å². The van der Waals surface area contributed by atoms with Gasteiger partial charge in [-0.05, 0) is 65.1 Å². The largest absolute Gasteiger partial charge is 0.394 e.